The summed E-state index contributed by atoms with van der Waals surface area (Å²) in [5.41, 5.74) is 7.83. The Balaban J connectivity index is 1.65. The van der Waals surface area contributed by atoms with Gasteiger partial charge in [0.1, 0.15) is 0 Å². The Bertz CT molecular complexity index is 727. The lowest BCUT2D eigenvalue weighted by molar-refractivity contribution is -0.129. The second-order valence-electron chi connectivity index (χ2n) is 6.37. The van der Waals surface area contributed by atoms with Crippen LogP contribution in [0.15, 0.2) is 42.5 Å². The van der Waals surface area contributed by atoms with E-state index >= 15 is 0 Å². The number of aryl methyl sites for hydroxylation is 2. The maximum absolute atomic E-state index is 11.0. The quantitative estimate of drug-likeness (QED) is 0.432. The Labute approximate surface area is 142 Å². The average Bonchev–Trinajstić information content (AvgIpc) is 2.64. The average molecular weight is 325 g/mol. The van der Waals surface area contributed by atoms with E-state index in [9.17, 15) is 9.90 Å². The predicted molar refractivity (Wildman–Crippen MR) is 92.6 cm³/mol. The van der Waals surface area contributed by atoms with Gasteiger partial charge in [0, 0.05) is 6.42 Å². The third-order valence-corrected chi connectivity index (χ3v) is 4.74. The molecule has 2 aromatic carbocycles. The molecule has 1 aliphatic rings. The molecule has 24 heavy (non-hydrogen) atoms. The van der Waals surface area contributed by atoms with E-state index in [0.29, 0.717) is 12.8 Å². The molecule has 3 N–H and O–H groups in total. The van der Waals surface area contributed by atoms with Gasteiger partial charge in [-0.1, -0.05) is 48.9 Å². The van der Waals surface area contributed by atoms with E-state index in [0.717, 1.165) is 24.8 Å². The number of fused-ring (bicyclic) bond motifs is 3. The van der Waals surface area contributed by atoms with Crippen LogP contribution in [0.3, 0.4) is 0 Å². The normalized spacial score (nSPS) is 13.8. The standard InChI is InChI=1S/C20H23NO3/c22-19(7-3-4-8-20(23)21-24)16-11-12-18-15(13-16)10-9-14-5-1-2-6-17(14)18/h1-2,5-6,11-13,19,22,24H,3-4,7-10H2,(H,21,23). The van der Waals surface area contributed by atoms with Crippen molar-refractivity contribution in [1.29, 1.82) is 0 Å². The number of hydroxylamine groups is 1. The van der Waals surface area contributed by atoms with Gasteiger partial charge in [-0.25, -0.2) is 5.48 Å². The van der Waals surface area contributed by atoms with Gasteiger partial charge in [0.2, 0.25) is 5.91 Å². The summed E-state index contributed by atoms with van der Waals surface area (Å²) >= 11 is 0. The smallest absolute Gasteiger partial charge is 0.243 e. The van der Waals surface area contributed by atoms with Crippen LogP contribution in [0.25, 0.3) is 11.1 Å². The summed E-state index contributed by atoms with van der Waals surface area (Å²) < 4.78 is 0. The highest BCUT2D eigenvalue weighted by Gasteiger charge is 2.17. The molecule has 4 nitrogen and oxygen atoms in total. The first-order chi connectivity index (χ1) is 11.7. The van der Waals surface area contributed by atoms with Crippen LogP contribution in [-0.4, -0.2) is 16.2 Å². The first-order valence-electron chi connectivity index (χ1n) is 8.51. The zero-order valence-corrected chi connectivity index (χ0v) is 13.7. The van der Waals surface area contributed by atoms with Crippen molar-refractivity contribution in [3.63, 3.8) is 0 Å². The SMILES string of the molecule is O=C(CCCCC(O)c1ccc2c(c1)CCc1ccccc1-2)NO. The number of nitrogens with one attached hydrogen (secondary N) is 1. The Hall–Kier alpha value is -2.17. The lowest BCUT2D eigenvalue weighted by atomic mass is 9.84. The first kappa shape index (κ1) is 16.7. The topological polar surface area (TPSA) is 69.6 Å². The highest BCUT2D eigenvalue weighted by molar-refractivity contribution is 5.74. The Morgan fingerprint density at radius 1 is 1.04 bits per heavy atom. The molecular formula is C20H23NO3. The van der Waals surface area contributed by atoms with Gasteiger partial charge in [-0.3, -0.25) is 10.0 Å². The van der Waals surface area contributed by atoms with Crippen LogP contribution in [0.5, 0.6) is 0 Å². The summed E-state index contributed by atoms with van der Waals surface area (Å²) in [5.74, 6) is -0.378. The van der Waals surface area contributed by atoms with Gasteiger partial charge < -0.3 is 5.11 Å². The molecule has 4 heteroatoms. The van der Waals surface area contributed by atoms with E-state index in [-0.39, 0.29) is 12.3 Å². The van der Waals surface area contributed by atoms with Crippen molar-refractivity contribution in [2.75, 3.05) is 0 Å². The number of hydrogen-bond acceptors (Lipinski definition) is 3. The van der Waals surface area contributed by atoms with Crippen LogP contribution in [0, 0.1) is 0 Å². The lowest BCUT2D eigenvalue weighted by Crippen LogP contribution is -2.17. The number of amides is 1. The number of rotatable bonds is 6. The molecule has 1 amide bonds. The number of aliphatic hydroxyl groups excluding tert-OH is 1. The monoisotopic (exact) mass is 325 g/mol. The Morgan fingerprint density at radius 2 is 1.79 bits per heavy atom. The number of aliphatic hydroxyl groups is 1. The van der Waals surface area contributed by atoms with E-state index < -0.39 is 6.10 Å². The number of carbonyl (C=O) groups is 1. The molecule has 0 heterocycles. The minimum absolute atomic E-state index is 0.282. The molecule has 0 aliphatic heterocycles. The zero-order valence-electron chi connectivity index (χ0n) is 13.7. The fourth-order valence-corrected chi connectivity index (χ4v) is 3.41. The van der Waals surface area contributed by atoms with Gasteiger partial charge in [-0.15, -0.1) is 0 Å². The van der Waals surface area contributed by atoms with E-state index in [1.807, 2.05) is 6.07 Å². The number of benzene rings is 2. The summed E-state index contributed by atoms with van der Waals surface area (Å²) in [5, 5.41) is 18.8. The minimum atomic E-state index is -0.510. The van der Waals surface area contributed by atoms with Gasteiger partial charge in [-0.05, 0) is 53.5 Å². The molecule has 0 fully saturated rings. The van der Waals surface area contributed by atoms with Crippen molar-refractivity contribution >= 4 is 5.91 Å². The minimum Gasteiger partial charge on any atom is -0.388 e. The molecule has 0 spiro atoms. The van der Waals surface area contributed by atoms with Crippen LogP contribution >= 0.6 is 0 Å². The van der Waals surface area contributed by atoms with Crippen LogP contribution in [0.2, 0.25) is 0 Å². The molecule has 0 aromatic heterocycles. The second-order valence-corrected chi connectivity index (χ2v) is 6.37. The maximum atomic E-state index is 11.0. The third-order valence-electron chi connectivity index (χ3n) is 4.74. The number of hydrogen-bond donors (Lipinski definition) is 3. The molecule has 1 aliphatic carbocycles. The van der Waals surface area contributed by atoms with Crippen molar-refractivity contribution in [2.45, 2.75) is 44.6 Å². The molecule has 0 bridgehead atoms. The van der Waals surface area contributed by atoms with Crippen LogP contribution in [0.1, 0.15) is 48.5 Å². The van der Waals surface area contributed by atoms with Crippen molar-refractivity contribution in [2.24, 2.45) is 0 Å². The summed E-state index contributed by atoms with van der Waals surface area (Å²) in [6.45, 7) is 0. The molecule has 0 saturated carbocycles. The second kappa shape index (κ2) is 7.60. The highest BCUT2D eigenvalue weighted by atomic mass is 16.5. The van der Waals surface area contributed by atoms with Crippen molar-refractivity contribution in [3.8, 4) is 11.1 Å². The van der Waals surface area contributed by atoms with Gasteiger partial charge >= 0.3 is 0 Å². The summed E-state index contributed by atoms with van der Waals surface area (Å²) in [6, 6.07) is 14.7. The molecule has 126 valence electrons. The predicted octanol–water partition coefficient (Wildman–Crippen LogP) is 3.55. The van der Waals surface area contributed by atoms with Crippen molar-refractivity contribution in [3.05, 3.63) is 59.2 Å². The van der Waals surface area contributed by atoms with Crippen LogP contribution < -0.4 is 5.48 Å². The molecule has 0 saturated heterocycles. The van der Waals surface area contributed by atoms with Gasteiger partial charge in [-0.2, -0.15) is 0 Å². The molecule has 3 rings (SSSR count). The van der Waals surface area contributed by atoms with E-state index in [4.69, 9.17) is 5.21 Å². The maximum Gasteiger partial charge on any atom is 0.243 e. The number of carbonyl (C=O) groups excluding carboxylic acids is 1. The molecular weight excluding hydrogens is 302 g/mol. The fraction of sp³-hybridized carbons (Fsp3) is 0.350. The van der Waals surface area contributed by atoms with Crippen LogP contribution in [-0.2, 0) is 17.6 Å². The largest absolute Gasteiger partial charge is 0.388 e. The van der Waals surface area contributed by atoms with Crippen molar-refractivity contribution < 1.29 is 15.1 Å². The third kappa shape index (κ3) is 3.66. The number of unbranched alkanes of at least 4 members (excludes halogenated alkanes) is 1. The molecule has 1 atom stereocenters. The van der Waals surface area contributed by atoms with Gasteiger partial charge in [0.15, 0.2) is 0 Å². The first-order valence-corrected chi connectivity index (χ1v) is 8.51. The molecule has 1 unspecified atom stereocenters. The zero-order chi connectivity index (χ0) is 16.9. The molecule has 2 aromatic rings. The Kier molecular flexibility index (Phi) is 5.28. The summed E-state index contributed by atoms with van der Waals surface area (Å²) in [4.78, 5) is 11.0. The van der Waals surface area contributed by atoms with E-state index in [2.05, 4.69) is 36.4 Å². The summed E-state index contributed by atoms with van der Waals surface area (Å²) in [7, 11) is 0. The fourth-order valence-electron chi connectivity index (χ4n) is 3.41. The van der Waals surface area contributed by atoms with E-state index in [1.165, 1.54) is 22.3 Å². The molecule has 0 radical (unpaired) electrons. The lowest BCUT2D eigenvalue weighted by Gasteiger charge is -2.21. The van der Waals surface area contributed by atoms with Crippen molar-refractivity contribution in [1.82, 2.24) is 5.48 Å². The van der Waals surface area contributed by atoms with Crippen LogP contribution in [0.4, 0.5) is 0 Å². The Morgan fingerprint density at radius 3 is 2.62 bits per heavy atom. The summed E-state index contributed by atoms with van der Waals surface area (Å²) in [6.07, 6.45) is 3.83. The highest BCUT2D eigenvalue weighted by Crippen LogP contribution is 2.35. The van der Waals surface area contributed by atoms with Gasteiger partial charge in [0.25, 0.3) is 0 Å². The van der Waals surface area contributed by atoms with Gasteiger partial charge in [0.05, 0.1) is 6.10 Å². The van der Waals surface area contributed by atoms with E-state index in [1.54, 1.807) is 5.48 Å².